The molecule has 0 bridgehead atoms. The van der Waals surface area contributed by atoms with Crippen molar-refractivity contribution in [2.45, 2.75) is 0 Å². The maximum atomic E-state index is 9.97. The molecule has 0 aromatic rings. The molecule has 4 nitrogen and oxygen atoms in total. The van der Waals surface area contributed by atoms with Gasteiger partial charge in [0, 0.05) is 45.2 Å². The van der Waals surface area contributed by atoms with Gasteiger partial charge in [-0.2, -0.15) is 0 Å². The summed E-state index contributed by atoms with van der Waals surface area (Å²) in [6.07, 6.45) is 0. The van der Waals surface area contributed by atoms with Crippen LogP contribution in [-0.2, 0) is 4.79 Å². The van der Waals surface area contributed by atoms with Crippen LogP contribution in [-0.4, -0.2) is 31.0 Å². The molecule has 0 rings (SSSR count). The summed E-state index contributed by atoms with van der Waals surface area (Å²) >= 11 is 0. The first-order valence-corrected chi connectivity index (χ1v) is 2.10. The summed E-state index contributed by atoms with van der Waals surface area (Å²) < 4.78 is 0. The number of amidine groups is 1. The standard InChI is InChI=1S/C4H8N2O2.U/c1-5-3(6-2)4(7)8;/h1-2H3,(H,5,6)(H,7,8);. The zero-order chi connectivity index (χ0) is 6.57. The van der Waals surface area contributed by atoms with Gasteiger partial charge in [-0.15, -0.1) is 0 Å². The number of hydrogen-bond donors (Lipinski definition) is 2. The Labute approximate surface area is 77.1 Å². The number of carbonyl (C=O) groups is 1. The molecule has 0 spiro atoms. The number of nitrogens with one attached hydrogen (secondary N) is 1. The van der Waals surface area contributed by atoms with Gasteiger partial charge in [-0.1, -0.05) is 0 Å². The second-order valence-corrected chi connectivity index (χ2v) is 1.13. The summed E-state index contributed by atoms with van der Waals surface area (Å²) in [6.45, 7) is 0. The maximum absolute atomic E-state index is 9.97. The van der Waals surface area contributed by atoms with E-state index in [1.165, 1.54) is 14.1 Å². The van der Waals surface area contributed by atoms with Gasteiger partial charge in [0.2, 0.25) is 5.84 Å². The Morgan fingerprint density at radius 1 is 1.67 bits per heavy atom. The van der Waals surface area contributed by atoms with Crippen LogP contribution in [0.1, 0.15) is 0 Å². The minimum absolute atomic E-state index is 0. The third-order valence-corrected chi connectivity index (χ3v) is 0.663. The quantitative estimate of drug-likeness (QED) is 0.448. The number of hydrogen-bond acceptors (Lipinski definition) is 2. The summed E-state index contributed by atoms with van der Waals surface area (Å²) in [5, 5.41) is 10.6. The molecule has 2 N–H and O–H groups in total. The summed E-state index contributed by atoms with van der Waals surface area (Å²) in [6, 6.07) is 0. The summed E-state index contributed by atoms with van der Waals surface area (Å²) in [4.78, 5) is 13.4. The van der Waals surface area contributed by atoms with Crippen LogP contribution in [0.2, 0.25) is 0 Å². The minimum Gasteiger partial charge on any atom is -0.475 e. The molecule has 0 unspecified atom stereocenters. The molecule has 0 heterocycles. The van der Waals surface area contributed by atoms with E-state index in [2.05, 4.69) is 10.3 Å². The van der Waals surface area contributed by atoms with Crippen molar-refractivity contribution >= 4 is 11.8 Å². The van der Waals surface area contributed by atoms with Gasteiger partial charge in [-0.25, -0.2) is 4.79 Å². The second kappa shape index (κ2) is 6.12. The van der Waals surface area contributed by atoms with Gasteiger partial charge in [0.05, 0.1) is 0 Å². The first-order valence-electron chi connectivity index (χ1n) is 2.10. The Hall–Kier alpha value is -0.00805. The number of likely N-dealkylation sites (N-methyl/N-ethyl adjacent to an activating group) is 1. The number of rotatable bonds is 0. The van der Waals surface area contributed by atoms with Crippen molar-refractivity contribution in [1.29, 1.82) is 0 Å². The fraction of sp³-hybridized carbons (Fsp3) is 0.500. The van der Waals surface area contributed by atoms with Crippen molar-refractivity contribution in [3.8, 4) is 0 Å². The van der Waals surface area contributed by atoms with E-state index in [1.54, 1.807) is 0 Å². The minimum atomic E-state index is -1.03. The zero-order valence-electron chi connectivity index (χ0n) is 5.30. The van der Waals surface area contributed by atoms with Crippen molar-refractivity contribution in [2.24, 2.45) is 4.99 Å². The Kier molecular flexibility index (Phi) is 7.98. The predicted octanol–water partition coefficient (Wildman–Crippen LogP) is -0.681. The number of aliphatic imine (C=N–C) groups is 1. The Morgan fingerprint density at radius 3 is 2.11 bits per heavy atom. The van der Waals surface area contributed by atoms with Crippen LogP contribution in [0.15, 0.2) is 4.99 Å². The molecule has 0 atom stereocenters. The van der Waals surface area contributed by atoms with E-state index in [9.17, 15) is 4.79 Å². The van der Waals surface area contributed by atoms with Crippen molar-refractivity contribution in [1.82, 2.24) is 5.32 Å². The van der Waals surface area contributed by atoms with E-state index in [0.717, 1.165) is 0 Å². The third kappa shape index (κ3) is 4.49. The predicted molar refractivity (Wildman–Crippen MR) is 30.1 cm³/mol. The van der Waals surface area contributed by atoms with Gasteiger partial charge >= 0.3 is 5.97 Å². The van der Waals surface area contributed by atoms with Crippen molar-refractivity contribution in [2.75, 3.05) is 14.1 Å². The normalized spacial score (nSPS) is 9.78. The molecule has 5 heteroatoms. The van der Waals surface area contributed by atoms with Gasteiger partial charge in [-0.3, -0.25) is 4.99 Å². The molecule has 0 amide bonds. The van der Waals surface area contributed by atoms with Gasteiger partial charge in [0.15, 0.2) is 0 Å². The fourth-order valence-corrected chi connectivity index (χ4v) is 0.314. The maximum Gasteiger partial charge on any atom is 0.371 e. The van der Waals surface area contributed by atoms with E-state index in [1.807, 2.05) is 0 Å². The van der Waals surface area contributed by atoms with E-state index >= 15 is 0 Å². The van der Waals surface area contributed by atoms with Gasteiger partial charge in [-0.05, 0) is 0 Å². The number of carboxylic acids is 1. The average molecular weight is 354 g/mol. The molecule has 0 aliphatic heterocycles. The van der Waals surface area contributed by atoms with E-state index in [0.29, 0.717) is 0 Å². The molecule has 9 heavy (non-hydrogen) atoms. The van der Waals surface area contributed by atoms with Crippen LogP contribution >= 0.6 is 0 Å². The smallest absolute Gasteiger partial charge is 0.371 e. The molecule has 0 radical (unpaired) electrons. The Balaban J connectivity index is 0. The second-order valence-electron chi connectivity index (χ2n) is 1.13. The molecule has 0 saturated carbocycles. The summed E-state index contributed by atoms with van der Waals surface area (Å²) in [7, 11) is 2.93. The summed E-state index contributed by atoms with van der Waals surface area (Å²) in [5.74, 6) is -1.06. The first kappa shape index (κ1) is 11.7. The zero-order valence-corrected chi connectivity index (χ0v) is 9.47. The summed E-state index contributed by atoms with van der Waals surface area (Å²) in [5.41, 5.74) is 0. The van der Waals surface area contributed by atoms with Gasteiger partial charge < -0.3 is 10.4 Å². The van der Waals surface area contributed by atoms with E-state index in [-0.39, 0.29) is 36.9 Å². The van der Waals surface area contributed by atoms with E-state index < -0.39 is 5.97 Å². The van der Waals surface area contributed by atoms with Gasteiger partial charge in [0.25, 0.3) is 0 Å². The molecule has 50 valence electrons. The molecule has 0 aliphatic carbocycles. The number of aliphatic carboxylic acids is 1. The van der Waals surface area contributed by atoms with Crippen molar-refractivity contribution < 1.29 is 41.0 Å². The molecule has 0 aromatic heterocycles. The van der Waals surface area contributed by atoms with Crippen LogP contribution in [0.4, 0.5) is 0 Å². The molecule has 0 aliphatic rings. The first-order chi connectivity index (χ1) is 3.72. The van der Waals surface area contributed by atoms with Crippen molar-refractivity contribution in [3.63, 3.8) is 0 Å². The monoisotopic (exact) mass is 354 g/mol. The molecule has 0 aromatic carbocycles. The van der Waals surface area contributed by atoms with Crippen molar-refractivity contribution in [3.05, 3.63) is 0 Å². The SMILES string of the molecule is CN=C(NC)C(=O)O.[U]. The third-order valence-electron chi connectivity index (χ3n) is 0.663. The topological polar surface area (TPSA) is 61.7 Å². The number of nitrogens with zero attached hydrogens (tertiary/aromatic N) is 1. The van der Waals surface area contributed by atoms with Crippen LogP contribution in [0, 0.1) is 31.1 Å². The van der Waals surface area contributed by atoms with Gasteiger partial charge in [0.1, 0.15) is 0 Å². The Bertz CT molecular complexity index is 124. The largest absolute Gasteiger partial charge is 0.475 e. The molecular weight excluding hydrogens is 346 g/mol. The van der Waals surface area contributed by atoms with Crippen LogP contribution < -0.4 is 5.32 Å². The number of carboxylic acid groups (broad SMARTS) is 1. The molecule has 0 saturated heterocycles. The molecule has 0 fully saturated rings. The van der Waals surface area contributed by atoms with Crippen LogP contribution in [0.5, 0.6) is 0 Å². The van der Waals surface area contributed by atoms with Crippen LogP contribution in [0.25, 0.3) is 0 Å². The van der Waals surface area contributed by atoms with Crippen LogP contribution in [0.3, 0.4) is 0 Å². The molecular formula is C4H8N2O2U. The fourth-order valence-electron chi connectivity index (χ4n) is 0.314. The van der Waals surface area contributed by atoms with E-state index in [4.69, 9.17) is 5.11 Å². The Morgan fingerprint density at radius 2 is 2.11 bits per heavy atom. The average Bonchev–Trinajstić information content (AvgIpc) is 1.69.